The van der Waals surface area contributed by atoms with Crippen molar-refractivity contribution >= 4 is 5.91 Å². The van der Waals surface area contributed by atoms with Crippen LogP contribution in [0.3, 0.4) is 0 Å². The number of likely N-dealkylation sites (tertiary alicyclic amines) is 1. The molecule has 1 unspecified atom stereocenters. The lowest BCUT2D eigenvalue weighted by Crippen LogP contribution is -2.48. The molecule has 2 aromatic carbocycles. The fourth-order valence-corrected chi connectivity index (χ4v) is 4.89. The Morgan fingerprint density at radius 3 is 2.38 bits per heavy atom. The van der Waals surface area contributed by atoms with Crippen molar-refractivity contribution in [2.24, 2.45) is 5.92 Å². The molecule has 1 saturated carbocycles. The predicted octanol–water partition coefficient (Wildman–Crippen LogP) is 4.46. The summed E-state index contributed by atoms with van der Waals surface area (Å²) in [4.78, 5) is 19.2. The zero-order valence-electron chi connectivity index (χ0n) is 23.2. The second-order valence-electron chi connectivity index (χ2n) is 10.8. The lowest BCUT2D eigenvalue weighted by Gasteiger charge is -2.39. The number of nitrogens with zero attached hydrogens (tertiary/aromatic N) is 2. The first kappa shape index (κ1) is 28.1. The molecule has 1 aromatic heterocycles. The van der Waals surface area contributed by atoms with E-state index >= 15 is 0 Å². The molecule has 0 radical (unpaired) electrons. The van der Waals surface area contributed by atoms with Crippen LogP contribution in [-0.2, 0) is 11.3 Å². The molecule has 8 nitrogen and oxygen atoms in total. The molecule has 3 aromatic rings. The highest BCUT2D eigenvalue weighted by atomic mass is 16.5. The lowest BCUT2D eigenvalue weighted by molar-refractivity contribution is 0.00619. The quantitative estimate of drug-likeness (QED) is 0.326. The monoisotopic (exact) mass is 546 g/mol. The number of hydrogen-bond acceptors (Lipinski definition) is 7. The van der Waals surface area contributed by atoms with E-state index < -0.39 is 0 Å². The van der Waals surface area contributed by atoms with Crippen LogP contribution in [0.5, 0.6) is 11.5 Å². The summed E-state index contributed by atoms with van der Waals surface area (Å²) in [5.74, 6) is 1.90. The molecule has 212 valence electrons. The van der Waals surface area contributed by atoms with Gasteiger partial charge in [0.25, 0.3) is 5.91 Å². The molecule has 2 fully saturated rings. The van der Waals surface area contributed by atoms with E-state index in [-0.39, 0.29) is 43.7 Å². The number of rotatable bonds is 13. The number of benzene rings is 2. The highest BCUT2D eigenvalue weighted by molar-refractivity contribution is 5.93. The van der Waals surface area contributed by atoms with Gasteiger partial charge in [-0.1, -0.05) is 30.3 Å². The minimum atomic E-state index is -0.327. The van der Waals surface area contributed by atoms with Crippen molar-refractivity contribution in [2.75, 3.05) is 40.0 Å². The van der Waals surface area contributed by atoms with Gasteiger partial charge in [0.05, 0.1) is 33.0 Å². The van der Waals surface area contributed by atoms with Crippen molar-refractivity contribution in [3.63, 3.8) is 0 Å². The molecule has 2 aliphatic rings. The van der Waals surface area contributed by atoms with E-state index in [0.717, 1.165) is 22.6 Å². The van der Waals surface area contributed by atoms with E-state index in [1.165, 1.54) is 18.4 Å². The van der Waals surface area contributed by atoms with Crippen LogP contribution in [-0.4, -0.2) is 66.0 Å². The summed E-state index contributed by atoms with van der Waals surface area (Å²) < 4.78 is 17.5. The largest absolute Gasteiger partial charge is 0.493 e. The van der Waals surface area contributed by atoms with Crippen LogP contribution in [0, 0.1) is 5.92 Å². The normalized spacial score (nSPS) is 16.1. The number of amides is 1. The van der Waals surface area contributed by atoms with Crippen LogP contribution in [0.1, 0.15) is 70.4 Å². The Labute approximate surface area is 235 Å². The van der Waals surface area contributed by atoms with E-state index in [1.807, 2.05) is 31.2 Å². The minimum absolute atomic E-state index is 0.117. The molecule has 1 aliphatic carbocycles. The minimum Gasteiger partial charge on any atom is -0.493 e. The summed E-state index contributed by atoms with van der Waals surface area (Å²) in [5.41, 5.74) is 4.84. The summed E-state index contributed by atoms with van der Waals surface area (Å²) in [6.07, 6.45) is 3.91. The molecule has 1 saturated heterocycles. The molecule has 1 atom stereocenters. The molecule has 2 N–H and O–H groups in total. The maximum atomic E-state index is 13.1. The third kappa shape index (κ3) is 6.63. The second-order valence-corrected chi connectivity index (χ2v) is 10.8. The summed E-state index contributed by atoms with van der Waals surface area (Å²) in [6.45, 7) is 3.50. The standard InChI is InChI=1S/C32H38N2O6/c1-21(39-20-23(17-35)18-36)26-11-12-33-29(13-26)32(37)34-15-28(16-34)27-9-10-30(31(14-27)38-2)40-19-22-3-5-24(6-4-22)25-7-8-25/h3-6,9-14,21,23,25,28,35-36H,7-8,15-20H2,1-2H3. The predicted molar refractivity (Wildman–Crippen MR) is 151 cm³/mol. The van der Waals surface area contributed by atoms with Crippen molar-refractivity contribution in [3.05, 3.63) is 88.7 Å². The molecule has 1 aliphatic heterocycles. The van der Waals surface area contributed by atoms with Gasteiger partial charge in [-0.2, -0.15) is 0 Å². The molecule has 5 rings (SSSR count). The Kier molecular flexibility index (Phi) is 8.99. The fraction of sp³-hybridized carbons (Fsp3) is 0.438. The summed E-state index contributed by atoms with van der Waals surface area (Å²) >= 11 is 0. The first-order chi connectivity index (χ1) is 19.5. The summed E-state index contributed by atoms with van der Waals surface area (Å²) in [6, 6.07) is 18.2. The second kappa shape index (κ2) is 12.8. The Balaban J connectivity index is 1.15. The van der Waals surface area contributed by atoms with E-state index in [4.69, 9.17) is 14.2 Å². The van der Waals surface area contributed by atoms with Gasteiger partial charge in [0, 0.05) is 31.1 Å². The zero-order chi connectivity index (χ0) is 28.1. The Morgan fingerprint density at radius 2 is 1.70 bits per heavy atom. The van der Waals surface area contributed by atoms with Crippen LogP contribution in [0.15, 0.2) is 60.8 Å². The van der Waals surface area contributed by atoms with E-state index in [1.54, 1.807) is 24.3 Å². The topological polar surface area (TPSA) is 101 Å². The highest BCUT2D eigenvalue weighted by Crippen LogP contribution is 2.40. The van der Waals surface area contributed by atoms with Crippen molar-refractivity contribution in [1.82, 2.24) is 9.88 Å². The first-order valence-corrected chi connectivity index (χ1v) is 14.0. The van der Waals surface area contributed by atoms with Crippen LogP contribution < -0.4 is 9.47 Å². The van der Waals surface area contributed by atoms with Gasteiger partial charge in [-0.25, -0.2) is 0 Å². The van der Waals surface area contributed by atoms with Crippen LogP contribution in [0.4, 0.5) is 0 Å². The summed E-state index contributed by atoms with van der Waals surface area (Å²) in [7, 11) is 1.64. The molecule has 0 bridgehead atoms. The smallest absolute Gasteiger partial charge is 0.272 e. The lowest BCUT2D eigenvalue weighted by atomic mass is 9.90. The number of methoxy groups -OCH3 is 1. The Hall–Kier alpha value is -3.46. The number of aliphatic hydroxyl groups is 2. The number of aromatic nitrogens is 1. The molecule has 2 heterocycles. The van der Waals surface area contributed by atoms with E-state index in [9.17, 15) is 15.0 Å². The summed E-state index contributed by atoms with van der Waals surface area (Å²) in [5, 5.41) is 18.5. The average molecular weight is 547 g/mol. The maximum absolute atomic E-state index is 13.1. The van der Waals surface area contributed by atoms with Crippen molar-refractivity contribution in [1.29, 1.82) is 0 Å². The van der Waals surface area contributed by atoms with Crippen LogP contribution >= 0.6 is 0 Å². The number of carbonyl (C=O) groups is 1. The SMILES string of the molecule is COc1cc(C2CN(C(=O)c3cc(C(C)OCC(CO)CO)ccn3)C2)ccc1OCc1ccc(C2CC2)cc1. The number of hydrogen-bond donors (Lipinski definition) is 2. The zero-order valence-corrected chi connectivity index (χ0v) is 23.2. The van der Waals surface area contributed by atoms with Gasteiger partial charge < -0.3 is 29.3 Å². The van der Waals surface area contributed by atoms with Crippen LogP contribution in [0.2, 0.25) is 0 Å². The van der Waals surface area contributed by atoms with Crippen LogP contribution in [0.25, 0.3) is 0 Å². The third-order valence-electron chi connectivity index (χ3n) is 7.82. The Morgan fingerprint density at radius 1 is 0.975 bits per heavy atom. The van der Waals surface area contributed by atoms with Gasteiger partial charge >= 0.3 is 0 Å². The van der Waals surface area contributed by atoms with Gasteiger partial charge in [0.1, 0.15) is 12.3 Å². The number of carbonyl (C=O) groups excluding carboxylic acids is 1. The molecule has 8 heteroatoms. The first-order valence-electron chi connectivity index (χ1n) is 14.0. The maximum Gasteiger partial charge on any atom is 0.272 e. The van der Waals surface area contributed by atoms with Crippen molar-refractivity contribution in [3.8, 4) is 11.5 Å². The van der Waals surface area contributed by atoms with E-state index in [2.05, 4.69) is 29.2 Å². The van der Waals surface area contributed by atoms with Gasteiger partial charge in [-0.3, -0.25) is 9.78 Å². The van der Waals surface area contributed by atoms with Gasteiger partial charge in [0.15, 0.2) is 11.5 Å². The molecule has 40 heavy (non-hydrogen) atoms. The number of aliphatic hydroxyl groups excluding tert-OH is 2. The Bertz CT molecular complexity index is 1280. The number of pyridine rings is 1. The molecular formula is C32H38N2O6. The molecule has 1 amide bonds. The highest BCUT2D eigenvalue weighted by Gasteiger charge is 2.33. The van der Waals surface area contributed by atoms with Crippen molar-refractivity contribution in [2.45, 2.75) is 44.3 Å². The molecule has 0 spiro atoms. The number of ether oxygens (including phenoxy) is 3. The third-order valence-corrected chi connectivity index (χ3v) is 7.82. The van der Waals surface area contributed by atoms with Gasteiger partial charge in [-0.15, -0.1) is 0 Å². The molecular weight excluding hydrogens is 508 g/mol. The van der Waals surface area contributed by atoms with Gasteiger partial charge in [-0.05, 0) is 72.2 Å². The fourth-order valence-electron chi connectivity index (χ4n) is 4.89. The average Bonchev–Trinajstić information content (AvgIpc) is 3.82. The van der Waals surface area contributed by atoms with Gasteiger partial charge in [0.2, 0.25) is 0 Å². The van der Waals surface area contributed by atoms with E-state index in [0.29, 0.717) is 36.9 Å². The van der Waals surface area contributed by atoms with Crippen molar-refractivity contribution < 1.29 is 29.2 Å².